The van der Waals surface area contributed by atoms with E-state index in [9.17, 15) is 4.79 Å². The highest BCUT2D eigenvalue weighted by molar-refractivity contribution is 6.29. The van der Waals surface area contributed by atoms with Crippen molar-refractivity contribution in [2.45, 2.75) is 13.3 Å². The van der Waals surface area contributed by atoms with Crippen LogP contribution in [0.4, 0.5) is 0 Å². The predicted molar refractivity (Wildman–Crippen MR) is 62.4 cm³/mol. The fourth-order valence-electron chi connectivity index (χ4n) is 1.20. The second kappa shape index (κ2) is 6.45. The highest BCUT2D eigenvalue weighted by atomic mass is 35.5. The van der Waals surface area contributed by atoms with Crippen molar-refractivity contribution in [2.24, 2.45) is 5.92 Å². The summed E-state index contributed by atoms with van der Waals surface area (Å²) in [6.07, 6.45) is 2.12. The van der Waals surface area contributed by atoms with Crippen LogP contribution >= 0.6 is 11.6 Å². The van der Waals surface area contributed by atoms with E-state index in [4.69, 9.17) is 16.7 Å². The number of aromatic nitrogens is 1. The zero-order chi connectivity index (χ0) is 12.0. The van der Waals surface area contributed by atoms with Crippen molar-refractivity contribution in [3.05, 3.63) is 29.0 Å². The predicted octanol–water partition coefficient (Wildman–Crippen LogP) is 1.48. The van der Waals surface area contributed by atoms with Crippen molar-refractivity contribution in [2.75, 3.05) is 13.2 Å². The monoisotopic (exact) mass is 242 g/mol. The number of pyridine rings is 1. The first-order valence-electron chi connectivity index (χ1n) is 5.14. The van der Waals surface area contributed by atoms with Crippen molar-refractivity contribution in [3.8, 4) is 0 Å². The van der Waals surface area contributed by atoms with E-state index in [1.807, 2.05) is 6.92 Å². The van der Waals surface area contributed by atoms with Gasteiger partial charge >= 0.3 is 0 Å². The number of carbonyl (C=O) groups is 1. The van der Waals surface area contributed by atoms with Crippen LogP contribution in [0, 0.1) is 5.92 Å². The molecular weight excluding hydrogens is 228 g/mol. The molecule has 1 atom stereocenters. The Kier molecular flexibility index (Phi) is 5.22. The third-order valence-electron chi connectivity index (χ3n) is 2.22. The Hall–Kier alpha value is -1.13. The topological polar surface area (TPSA) is 62.2 Å². The molecule has 0 spiro atoms. The van der Waals surface area contributed by atoms with Crippen LogP contribution in [0.1, 0.15) is 23.7 Å². The lowest BCUT2D eigenvalue weighted by molar-refractivity contribution is 0.0945. The standard InChI is InChI=1S/C11H15ClN2O2/c1-8(4-5-15)6-14-11(16)9-2-3-10(12)13-7-9/h2-3,7-8,15H,4-6H2,1H3,(H,14,16). The van der Waals surface area contributed by atoms with Crippen LogP contribution < -0.4 is 5.32 Å². The molecule has 5 heteroatoms. The molecule has 16 heavy (non-hydrogen) atoms. The van der Waals surface area contributed by atoms with Crippen molar-refractivity contribution < 1.29 is 9.90 Å². The second-order valence-corrected chi connectivity index (χ2v) is 4.08. The second-order valence-electron chi connectivity index (χ2n) is 3.70. The molecule has 88 valence electrons. The highest BCUT2D eigenvalue weighted by Gasteiger charge is 2.07. The fourth-order valence-corrected chi connectivity index (χ4v) is 1.31. The Morgan fingerprint density at radius 3 is 2.94 bits per heavy atom. The molecule has 0 aliphatic carbocycles. The summed E-state index contributed by atoms with van der Waals surface area (Å²) in [5.74, 6) is 0.0863. The molecule has 2 N–H and O–H groups in total. The van der Waals surface area contributed by atoms with Gasteiger partial charge in [0.05, 0.1) is 5.56 Å². The van der Waals surface area contributed by atoms with Crippen LogP contribution in [-0.2, 0) is 0 Å². The molecule has 1 aromatic heterocycles. The van der Waals surface area contributed by atoms with Crippen LogP contribution in [0.15, 0.2) is 18.3 Å². The average Bonchev–Trinajstić information content (AvgIpc) is 2.27. The SMILES string of the molecule is CC(CCO)CNC(=O)c1ccc(Cl)nc1. The van der Waals surface area contributed by atoms with E-state index in [0.29, 0.717) is 23.7 Å². The number of nitrogens with zero attached hydrogens (tertiary/aromatic N) is 1. The number of nitrogens with one attached hydrogen (secondary N) is 1. The summed E-state index contributed by atoms with van der Waals surface area (Å²) >= 11 is 5.61. The van der Waals surface area contributed by atoms with Gasteiger partial charge in [-0.25, -0.2) is 4.98 Å². The summed E-state index contributed by atoms with van der Waals surface area (Å²) in [5.41, 5.74) is 0.487. The first-order chi connectivity index (χ1) is 7.63. The number of aliphatic hydroxyl groups excluding tert-OH is 1. The van der Waals surface area contributed by atoms with Gasteiger partial charge in [-0.2, -0.15) is 0 Å². The van der Waals surface area contributed by atoms with Crippen molar-refractivity contribution in [1.29, 1.82) is 0 Å². The third-order valence-corrected chi connectivity index (χ3v) is 2.45. The van der Waals surface area contributed by atoms with Crippen molar-refractivity contribution in [3.63, 3.8) is 0 Å². The van der Waals surface area contributed by atoms with E-state index < -0.39 is 0 Å². The van der Waals surface area contributed by atoms with Crippen molar-refractivity contribution >= 4 is 17.5 Å². The minimum absolute atomic E-state index is 0.138. The van der Waals surface area contributed by atoms with Crippen LogP contribution in [0.2, 0.25) is 5.15 Å². The summed E-state index contributed by atoms with van der Waals surface area (Å²) in [6, 6.07) is 3.20. The smallest absolute Gasteiger partial charge is 0.252 e. The molecule has 0 aromatic carbocycles. The molecule has 1 amide bonds. The van der Waals surface area contributed by atoms with Gasteiger partial charge in [0.2, 0.25) is 0 Å². The highest BCUT2D eigenvalue weighted by Crippen LogP contribution is 2.05. The molecule has 1 rings (SSSR count). The lowest BCUT2D eigenvalue weighted by Crippen LogP contribution is -2.28. The van der Waals surface area contributed by atoms with Gasteiger partial charge < -0.3 is 10.4 Å². The summed E-state index contributed by atoms with van der Waals surface area (Å²) in [6.45, 7) is 2.65. The van der Waals surface area contributed by atoms with Crippen molar-refractivity contribution in [1.82, 2.24) is 10.3 Å². The largest absolute Gasteiger partial charge is 0.396 e. The first kappa shape index (κ1) is 12.9. The number of amides is 1. The molecule has 0 saturated heterocycles. The Labute approximate surface area is 99.6 Å². The first-order valence-corrected chi connectivity index (χ1v) is 5.52. The van der Waals surface area contributed by atoms with Crippen LogP contribution in [0.3, 0.4) is 0 Å². The van der Waals surface area contributed by atoms with Gasteiger partial charge in [0.15, 0.2) is 0 Å². The van der Waals surface area contributed by atoms with E-state index >= 15 is 0 Å². The Balaban J connectivity index is 2.43. The zero-order valence-electron chi connectivity index (χ0n) is 9.11. The Morgan fingerprint density at radius 1 is 1.62 bits per heavy atom. The molecule has 1 aromatic rings. The number of rotatable bonds is 5. The summed E-state index contributed by atoms with van der Waals surface area (Å²) < 4.78 is 0. The van der Waals surface area contributed by atoms with Gasteiger partial charge in [-0.1, -0.05) is 18.5 Å². The quantitative estimate of drug-likeness (QED) is 0.769. The molecule has 0 fully saturated rings. The molecule has 0 aliphatic rings. The zero-order valence-corrected chi connectivity index (χ0v) is 9.87. The van der Waals surface area contributed by atoms with Crippen LogP contribution in [-0.4, -0.2) is 29.1 Å². The fraction of sp³-hybridized carbons (Fsp3) is 0.455. The van der Waals surface area contributed by atoms with Gasteiger partial charge in [-0.05, 0) is 24.5 Å². The lowest BCUT2D eigenvalue weighted by atomic mass is 10.1. The molecule has 1 unspecified atom stereocenters. The van der Waals surface area contributed by atoms with Gasteiger partial charge in [0, 0.05) is 19.3 Å². The Morgan fingerprint density at radius 2 is 2.38 bits per heavy atom. The Bertz CT molecular complexity index is 340. The number of halogens is 1. The molecule has 4 nitrogen and oxygen atoms in total. The van der Waals surface area contributed by atoms with Crippen LogP contribution in [0.25, 0.3) is 0 Å². The number of hydrogen-bond donors (Lipinski definition) is 2. The molecule has 0 aliphatic heterocycles. The van der Waals surface area contributed by atoms with Gasteiger partial charge in [-0.3, -0.25) is 4.79 Å². The third kappa shape index (κ3) is 4.16. The van der Waals surface area contributed by atoms with Gasteiger partial charge in [0.25, 0.3) is 5.91 Å². The maximum absolute atomic E-state index is 11.6. The van der Waals surface area contributed by atoms with E-state index in [1.54, 1.807) is 12.1 Å². The minimum Gasteiger partial charge on any atom is -0.396 e. The molecule has 0 bridgehead atoms. The van der Waals surface area contributed by atoms with Gasteiger partial charge in [0.1, 0.15) is 5.15 Å². The minimum atomic E-state index is -0.172. The summed E-state index contributed by atoms with van der Waals surface area (Å²) in [7, 11) is 0. The molecular formula is C11H15ClN2O2. The summed E-state index contributed by atoms with van der Waals surface area (Å²) in [5, 5.41) is 11.8. The number of carbonyl (C=O) groups excluding carboxylic acids is 1. The van der Waals surface area contributed by atoms with Crippen LogP contribution in [0.5, 0.6) is 0 Å². The molecule has 1 heterocycles. The number of hydrogen-bond acceptors (Lipinski definition) is 3. The van der Waals surface area contributed by atoms with E-state index in [1.165, 1.54) is 6.20 Å². The lowest BCUT2D eigenvalue weighted by Gasteiger charge is -2.10. The van der Waals surface area contributed by atoms with E-state index in [2.05, 4.69) is 10.3 Å². The summed E-state index contributed by atoms with van der Waals surface area (Å²) in [4.78, 5) is 15.4. The average molecular weight is 243 g/mol. The van der Waals surface area contributed by atoms with E-state index in [0.717, 1.165) is 0 Å². The molecule has 0 saturated carbocycles. The van der Waals surface area contributed by atoms with E-state index in [-0.39, 0.29) is 18.4 Å². The molecule has 0 radical (unpaired) electrons. The normalized spacial score (nSPS) is 12.2. The maximum atomic E-state index is 11.6. The van der Waals surface area contributed by atoms with Gasteiger partial charge in [-0.15, -0.1) is 0 Å². The maximum Gasteiger partial charge on any atom is 0.252 e. The number of aliphatic hydroxyl groups is 1.